The maximum absolute atomic E-state index is 9.54. The molecule has 0 aliphatic carbocycles. The van der Waals surface area contributed by atoms with Crippen LogP contribution in [0.3, 0.4) is 0 Å². The van der Waals surface area contributed by atoms with Crippen LogP contribution in [0, 0.1) is 0 Å². The maximum atomic E-state index is 9.54. The number of methoxy groups -OCH3 is 2. The predicted molar refractivity (Wildman–Crippen MR) is 104 cm³/mol. The Labute approximate surface area is 160 Å². The molecule has 0 radical (unpaired) electrons. The Hall–Kier alpha value is -3.00. The fourth-order valence-electron chi connectivity index (χ4n) is 2.91. The first-order valence-corrected chi connectivity index (χ1v) is 9.21. The van der Waals surface area contributed by atoms with Gasteiger partial charge in [-0.1, -0.05) is 11.8 Å². The van der Waals surface area contributed by atoms with E-state index in [-0.39, 0.29) is 11.0 Å². The van der Waals surface area contributed by atoms with Crippen LogP contribution >= 0.6 is 11.8 Å². The normalized spacial score (nSPS) is 15.8. The summed E-state index contributed by atoms with van der Waals surface area (Å²) in [6.07, 6.45) is 0. The maximum Gasteiger partial charge on any atom is 0.213 e. The summed E-state index contributed by atoms with van der Waals surface area (Å²) in [5.74, 6) is 2.12. The second-order valence-electron chi connectivity index (χ2n) is 5.98. The zero-order valence-electron chi connectivity index (χ0n) is 15.1. The molecule has 1 aliphatic heterocycles. The third kappa shape index (κ3) is 3.12. The van der Waals surface area contributed by atoms with Crippen molar-refractivity contribution in [2.45, 2.75) is 17.3 Å². The molecule has 1 N–H and O–H groups in total. The monoisotopic (exact) mass is 382 g/mol. The van der Waals surface area contributed by atoms with Gasteiger partial charge >= 0.3 is 0 Å². The van der Waals surface area contributed by atoms with Crippen molar-refractivity contribution in [1.82, 2.24) is 14.9 Å². The molecule has 0 unspecified atom stereocenters. The number of ether oxygens (including phenoxy) is 2. The first-order valence-electron chi connectivity index (χ1n) is 8.33. The molecule has 1 atom stereocenters. The summed E-state index contributed by atoms with van der Waals surface area (Å²) >= 11 is 1.59. The number of aromatic nitrogens is 3. The Kier molecular flexibility index (Phi) is 4.49. The molecule has 1 aliphatic rings. The molecule has 0 amide bonds. The molecule has 0 bridgehead atoms. The molecule has 0 fully saturated rings. The van der Waals surface area contributed by atoms with E-state index in [1.54, 1.807) is 42.8 Å². The summed E-state index contributed by atoms with van der Waals surface area (Å²) in [5.41, 5.74) is 2.68. The van der Waals surface area contributed by atoms with Crippen LogP contribution in [0.5, 0.6) is 17.2 Å². The molecule has 2 heterocycles. The van der Waals surface area contributed by atoms with Crippen molar-refractivity contribution in [2.24, 2.45) is 5.10 Å². The van der Waals surface area contributed by atoms with Crippen molar-refractivity contribution in [2.75, 3.05) is 14.2 Å². The number of thioether (sulfide) groups is 1. The van der Waals surface area contributed by atoms with E-state index in [9.17, 15) is 5.11 Å². The molecule has 0 spiro atoms. The van der Waals surface area contributed by atoms with Gasteiger partial charge in [0.15, 0.2) is 17.3 Å². The Morgan fingerprint density at radius 3 is 2.37 bits per heavy atom. The van der Waals surface area contributed by atoms with E-state index >= 15 is 0 Å². The van der Waals surface area contributed by atoms with E-state index in [1.165, 1.54) is 0 Å². The van der Waals surface area contributed by atoms with Crippen molar-refractivity contribution < 1.29 is 14.6 Å². The van der Waals surface area contributed by atoms with Crippen LogP contribution in [-0.2, 0) is 0 Å². The third-order valence-corrected chi connectivity index (χ3v) is 5.33. The minimum absolute atomic E-state index is 0.115. The number of benzene rings is 2. The summed E-state index contributed by atoms with van der Waals surface area (Å²) in [7, 11) is 3.20. The Bertz CT molecular complexity index is 1010. The van der Waals surface area contributed by atoms with E-state index in [2.05, 4.69) is 17.1 Å². The lowest BCUT2D eigenvalue weighted by molar-refractivity contribution is 0.355. The summed E-state index contributed by atoms with van der Waals surface area (Å²) in [6.45, 7) is 2.07. The predicted octanol–water partition coefficient (Wildman–Crippen LogP) is 3.41. The number of phenols is 1. The summed E-state index contributed by atoms with van der Waals surface area (Å²) in [6, 6.07) is 12.6. The molecule has 0 saturated heterocycles. The highest BCUT2D eigenvalue weighted by Gasteiger charge is 2.26. The highest BCUT2D eigenvalue weighted by Crippen LogP contribution is 2.36. The Morgan fingerprint density at radius 1 is 0.963 bits per heavy atom. The molecule has 7 nitrogen and oxygen atoms in total. The standard InChI is InChI=1S/C19H18N4O3S/c1-11-17(12-4-7-14(24)8-5-12)22-23-18(20-21-19(23)27-11)13-6-9-15(25-2)16(10-13)26-3/h4-11,24H,1-3H3/t11-/m1/s1. The van der Waals surface area contributed by atoms with E-state index < -0.39 is 0 Å². The lowest BCUT2D eigenvalue weighted by atomic mass is 10.1. The van der Waals surface area contributed by atoms with Gasteiger partial charge in [0.05, 0.1) is 25.2 Å². The molecular formula is C19H18N4O3S. The minimum Gasteiger partial charge on any atom is -0.508 e. The number of rotatable bonds is 4. The van der Waals surface area contributed by atoms with Crippen molar-refractivity contribution in [3.63, 3.8) is 0 Å². The summed E-state index contributed by atoms with van der Waals surface area (Å²) < 4.78 is 12.4. The van der Waals surface area contributed by atoms with Gasteiger partial charge in [-0.05, 0) is 55.0 Å². The Balaban J connectivity index is 1.80. The highest BCUT2D eigenvalue weighted by molar-refractivity contribution is 8.00. The van der Waals surface area contributed by atoms with Crippen molar-refractivity contribution in [1.29, 1.82) is 0 Å². The smallest absolute Gasteiger partial charge is 0.213 e. The number of hydrogen-bond acceptors (Lipinski definition) is 7. The summed E-state index contributed by atoms with van der Waals surface area (Å²) in [5, 5.41) is 23.8. The van der Waals surface area contributed by atoms with Gasteiger partial charge in [-0.25, -0.2) is 0 Å². The van der Waals surface area contributed by atoms with E-state index in [0.29, 0.717) is 17.3 Å². The zero-order valence-corrected chi connectivity index (χ0v) is 15.9. The van der Waals surface area contributed by atoms with Gasteiger partial charge in [0.2, 0.25) is 5.16 Å². The number of hydrogen-bond donors (Lipinski definition) is 1. The largest absolute Gasteiger partial charge is 0.508 e. The molecule has 3 aromatic rings. The third-order valence-electron chi connectivity index (χ3n) is 4.29. The SMILES string of the molecule is COc1ccc(-c2nnc3n2N=C(c2ccc(O)cc2)[C@@H](C)S3)cc1OC. The molecule has 2 aromatic carbocycles. The average Bonchev–Trinajstić information content (AvgIpc) is 3.10. The van der Waals surface area contributed by atoms with E-state index in [4.69, 9.17) is 14.6 Å². The second-order valence-corrected chi connectivity index (χ2v) is 7.29. The molecule has 138 valence electrons. The lowest BCUT2D eigenvalue weighted by Gasteiger charge is -2.20. The first kappa shape index (κ1) is 17.4. The van der Waals surface area contributed by atoms with Crippen LogP contribution < -0.4 is 9.47 Å². The number of fused-ring (bicyclic) bond motifs is 1. The lowest BCUT2D eigenvalue weighted by Crippen LogP contribution is -2.21. The van der Waals surface area contributed by atoms with Gasteiger partial charge in [0.1, 0.15) is 5.75 Å². The van der Waals surface area contributed by atoms with Crippen molar-refractivity contribution in [3.05, 3.63) is 48.0 Å². The van der Waals surface area contributed by atoms with Gasteiger partial charge < -0.3 is 14.6 Å². The number of aromatic hydroxyl groups is 1. The van der Waals surface area contributed by atoms with Crippen LogP contribution in [-0.4, -0.2) is 45.2 Å². The van der Waals surface area contributed by atoms with E-state index in [1.807, 2.05) is 30.3 Å². The fourth-order valence-corrected chi connectivity index (χ4v) is 3.84. The molecule has 0 saturated carbocycles. The van der Waals surface area contributed by atoms with Gasteiger partial charge in [-0.15, -0.1) is 10.2 Å². The summed E-state index contributed by atoms with van der Waals surface area (Å²) in [4.78, 5) is 0. The first-order chi connectivity index (χ1) is 13.1. The number of phenolic OH excluding ortho intramolecular Hbond substituents is 1. The molecule has 4 rings (SSSR count). The van der Waals surface area contributed by atoms with Crippen LogP contribution in [0.2, 0.25) is 0 Å². The number of nitrogens with zero attached hydrogens (tertiary/aromatic N) is 4. The molecule has 1 aromatic heterocycles. The molecular weight excluding hydrogens is 364 g/mol. The zero-order chi connectivity index (χ0) is 19.0. The minimum atomic E-state index is 0.115. The van der Waals surface area contributed by atoms with Crippen molar-refractivity contribution in [3.8, 4) is 28.6 Å². The topological polar surface area (TPSA) is 81.8 Å². The average molecular weight is 382 g/mol. The van der Waals surface area contributed by atoms with Crippen molar-refractivity contribution >= 4 is 17.5 Å². The molecule has 8 heteroatoms. The quantitative estimate of drug-likeness (QED) is 0.745. The van der Waals surface area contributed by atoms with E-state index in [0.717, 1.165) is 22.0 Å². The Morgan fingerprint density at radius 2 is 1.67 bits per heavy atom. The van der Waals surface area contributed by atoms with Gasteiger partial charge in [-0.3, -0.25) is 0 Å². The van der Waals surface area contributed by atoms with Gasteiger partial charge in [0, 0.05) is 5.56 Å². The van der Waals surface area contributed by atoms with Crippen LogP contribution in [0.25, 0.3) is 11.4 Å². The van der Waals surface area contributed by atoms with Crippen LogP contribution in [0.1, 0.15) is 12.5 Å². The van der Waals surface area contributed by atoms with Gasteiger partial charge in [0.25, 0.3) is 0 Å². The second kappa shape index (κ2) is 6.96. The van der Waals surface area contributed by atoms with Crippen LogP contribution in [0.15, 0.2) is 52.7 Å². The fraction of sp³-hybridized carbons (Fsp3) is 0.211. The molecule has 27 heavy (non-hydrogen) atoms. The highest BCUT2D eigenvalue weighted by atomic mass is 32.2. The van der Waals surface area contributed by atoms with Crippen LogP contribution in [0.4, 0.5) is 0 Å². The van der Waals surface area contributed by atoms with Gasteiger partial charge in [-0.2, -0.15) is 9.78 Å².